The highest BCUT2D eigenvalue weighted by Gasteiger charge is 2.16. The summed E-state index contributed by atoms with van der Waals surface area (Å²) in [7, 11) is 0. The first kappa shape index (κ1) is 18.6. The lowest BCUT2D eigenvalue weighted by Gasteiger charge is -2.12. The molecule has 0 aliphatic rings. The van der Waals surface area contributed by atoms with Gasteiger partial charge in [0, 0.05) is 23.6 Å². The van der Waals surface area contributed by atoms with E-state index < -0.39 is 10.8 Å². The van der Waals surface area contributed by atoms with Gasteiger partial charge in [-0.1, -0.05) is 23.2 Å². The molecule has 2 aromatic rings. The van der Waals surface area contributed by atoms with Crippen LogP contribution in [0.5, 0.6) is 5.75 Å². The van der Waals surface area contributed by atoms with Gasteiger partial charge in [0.2, 0.25) is 0 Å². The number of carbonyl (C=O) groups excluding carboxylic acids is 1. The molecule has 25 heavy (non-hydrogen) atoms. The smallest absolute Gasteiger partial charge is 0.271 e. The molecule has 1 N–H and O–H groups in total. The summed E-state index contributed by atoms with van der Waals surface area (Å²) in [6.07, 6.45) is 5.56. The van der Waals surface area contributed by atoms with Crippen LogP contribution in [0.25, 0.3) is 0 Å². The van der Waals surface area contributed by atoms with Crippen LogP contribution in [0.2, 0.25) is 10.0 Å². The number of anilines is 1. The first-order valence-corrected chi connectivity index (χ1v) is 7.79. The predicted octanol–water partition coefficient (Wildman–Crippen LogP) is 4.56. The molecule has 0 radical (unpaired) electrons. The summed E-state index contributed by atoms with van der Waals surface area (Å²) in [5, 5.41) is 13.7. The van der Waals surface area contributed by atoms with Crippen LogP contribution >= 0.6 is 23.2 Å². The zero-order valence-corrected chi connectivity index (χ0v) is 14.3. The number of carbonyl (C=O) groups is 1. The number of non-ortho nitro benzene ring substituents is 1. The number of nitro groups is 1. The number of amides is 1. The van der Waals surface area contributed by atoms with Crippen LogP contribution in [-0.4, -0.2) is 17.4 Å². The Bertz CT molecular complexity index is 862. The summed E-state index contributed by atoms with van der Waals surface area (Å²) < 4.78 is 5.49. The van der Waals surface area contributed by atoms with Gasteiger partial charge < -0.3 is 10.1 Å². The molecule has 128 valence electrons. The SMILES string of the molecule is C#CCCOc1ccc(Cl)cc1C(=O)Nc1ccc([N+](=O)[O-])cc1Cl. The molecule has 8 heteroatoms. The Balaban J connectivity index is 2.24. The van der Waals surface area contributed by atoms with Crippen LogP contribution in [0, 0.1) is 22.5 Å². The highest BCUT2D eigenvalue weighted by atomic mass is 35.5. The maximum absolute atomic E-state index is 12.5. The molecule has 0 saturated carbocycles. The molecular weight excluding hydrogens is 367 g/mol. The highest BCUT2D eigenvalue weighted by Crippen LogP contribution is 2.29. The van der Waals surface area contributed by atoms with Gasteiger partial charge in [-0.2, -0.15) is 0 Å². The van der Waals surface area contributed by atoms with Gasteiger partial charge in [-0.25, -0.2) is 0 Å². The summed E-state index contributed by atoms with van der Waals surface area (Å²) >= 11 is 11.9. The van der Waals surface area contributed by atoms with E-state index in [1.54, 1.807) is 12.1 Å². The number of nitrogens with zero attached hydrogens (tertiary/aromatic N) is 1. The second kappa shape index (κ2) is 8.38. The molecule has 0 aromatic heterocycles. The molecule has 2 rings (SSSR count). The Morgan fingerprint density at radius 2 is 2.04 bits per heavy atom. The van der Waals surface area contributed by atoms with Crippen molar-refractivity contribution >= 4 is 40.5 Å². The van der Waals surface area contributed by atoms with Crippen LogP contribution < -0.4 is 10.1 Å². The van der Waals surface area contributed by atoms with E-state index in [0.717, 1.165) is 6.07 Å². The minimum absolute atomic E-state index is 0.0411. The van der Waals surface area contributed by atoms with E-state index in [1.807, 2.05) is 0 Å². The Hall–Kier alpha value is -2.75. The Labute approximate surface area is 153 Å². The average Bonchev–Trinajstić information content (AvgIpc) is 2.57. The fraction of sp³-hybridized carbons (Fsp3) is 0.118. The van der Waals surface area contributed by atoms with E-state index in [0.29, 0.717) is 17.2 Å². The Kier molecular flexibility index (Phi) is 6.23. The molecule has 0 aliphatic heterocycles. The quantitative estimate of drug-likeness (QED) is 0.345. The Morgan fingerprint density at radius 3 is 2.68 bits per heavy atom. The third kappa shape index (κ3) is 4.86. The van der Waals surface area contributed by atoms with E-state index in [1.165, 1.54) is 18.2 Å². The molecule has 1 amide bonds. The summed E-state index contributed by atoms with van der Waals surface area (Å²) in [4.78, 5) is 22.7. The standard InChI is InChI=1S/C17H12Cl2N2O4/c1-2-3-8-25-16-7-4-11(18)9-13(16)17(22)20-15-6-5-12(21(23)24)10-14(15)19/h1,4-7,9-10H,3,8H2,(H,20,22). The number of nitro benzene ring substituents is 1. The van der Waals surface area contributed by atoms with Gasteiger partial charge in [0.25, 0.3) is 11.6 Å². The van der Waals surface area contributed by atoms with Crippen molar-refractivity contribution in [3.05, 3.63) is 62.1 Å². The van der Waals surface area contributed by atoms with Crippen molar-refractivity contribution in [2.45, 2.75) is 6.42 Å². The van der Waals surface area contributed by atoms with Crippen molar-refractivity contribution in [2.75, 3.05) is 11.9 Å². The van der Waals surface area contributed by atoms with E-state index in [4.69, 9.17) is 34.4 Å². The first-order valence-electron chi connectivity index (χ1n) is 7.03. The average molecular weight is 379 g/mol. The predicted molar refractivity (Wildman–Crippen MR) is 96.5 cm³/mol. The molecule has 0 aliphatic carbocycles. The number of hydrogen-bond donors (Lipinski definition) is 1. The van der Waals surface area contributed by atoms with Crippen LogP contribution in [0.15, 0.2) is 36.4 Å². The monoisotopic (exact) mass is 378 g/mol. The molecule has 6 nitrogen and oxygen atoms in total. The van der Waals surface area contributed by atoms with Crippen LogP contribution in [0.1, 0.15) is 16.8 Å². The van der Waals surface area contributed by atoms with Crippen LogP contribution in [0.4, 0.5) is 11.4 Å². The normalized spacial score (nSPS) is 9.96. The van der Waals surface area contributed by atoms with Crippen LogP contribution in [-0.2, 0) is 0 Å². The van der Waals surface area contributed by atoms with Gasteiger partial charge in [-0.05, 0) is 24.3 Å². The van der Waals surface area contributed by atoms with E-state index in [9.17, 15) is 14.9 Å². The number of hydrogen-bond acceptors (Lipinski definition) is 4. The van der Waals surface area contributed by atoms with Crippen molar-refractivity contribution < 1.29 is 14.5 Å². The molecule has 0 spiro atoms. The van der Waals surface area contributed by atoms with Gasteiger partial charge in [0.15, 0.2) is 0 Å². The van der Waals surface area contributed by atoms with Crippen molar-refractivity contribution in [1.82, 2.24) is 0 Å². The lowest BCUT2D eigenvalue weighted by molar-refractivity contribution is -0.384. The summed E-state index contributed by atoms with van der Waals surface area (Å²) in [6.45, 7) is 0.247. The van der Waals surface area contributed by atoms with E-state index >= 15 is 0 Å². The number of nitrogens with one attached hydrogen (secondary N) is 1. The minimum Gasteiger partial charge on any atom is -0.492 e. The third-order valence-electron chi connectivity index (χ3n) is 3.10. The maximum atomic E-state index is 12.5. The molecule has 0 atom stereocenters. The minimum atomic E-state index is -0.578. The van der Waals surface area contributed by atoms with Gasteiger partial charge in [-0.15, -0.1) is 12.3 Å². The topological polar surface area (TPSA) is 81.5 Å². The fourth-order valence-electron chi connectivity index (χ4n) is 1.93. The van der Waals surface area contributed by atoms with Gasteiger partial charge in [-0.3, -0.25) is 14.9 Å². The molecular formula is C17H12Cl2N2O4. The molecule has 0 fully saturated rings. The second-order valence-electron chi connectivity index (χ2n) is 4.82. The summed E-state index contributed by atoms with van der Waals surface area (Å²) in [5.74, 6) is 2.23. The highest BCUT2D eigenvalue weighted by molar-refractivity contribution is 6.34. The van der Waals surface area contributed by atoms with E-state index in [2.05, 4.69) is 11.2 Å². The van der Waals surface area contributed by atoms with Gasteiger partial charge >= 0.3 is 0 Å². The zero-order valence-electron chi connectivity index (χ0n) is 12.8. The number of halogens is 2. The fourth-order valence-corrected chi connectivity index (χ4v) is 2.33. The lowest BCUT2D eigenvalue weighted by Crippen LogP contribution is -2.14. The van der Waals surface area contributed by atoms with Crippen LogP contribution in [0.3, 0.4) is 0 Å². The second-order valence-corrected chi connectivity index (χ2v) is 5.66. The Morgan fingerprint density at radius 1 is 1.28 bits per heavy atom. The summed E-state index contributed by atoms with van der Waals surface area (Å²) in [6, 6.07) is 8.33. The molecule has 0 heterocycles. The maximum Gasteiger partial charge on any atom is 0.271 e. The number of terminal acetylenes is 1. The number of ether oxygens (including phenoxy) is 1. The van der Waals surface area contributed by atoms with Crippen molar-refractivity contribution in [2.24, 2.45) is 0 Å². The largest absolute Gasteiger partial charge is 0.492 e. The van der Waals surface area contributed by atoms with Crippen molar-refractivity contribution in [1.29, 1.82) is 0 Å². The molecule has 0 saturated heterocycles. The van der Waals surface area contributed by atoms with Gasteiger partial charge in [0.1, 0.15) is 5.75 Å². The molecule has 2 aromatic carbocycles. The molecule has 0 bridgehead atoms. The third-order valence-corrected chi connectivity index (χ3v) is 3.65. The zero-order chi connectivity index (χ0) is 18.4. The molecule has 0 unspecified atom stereocenters. The first-order chi connectivity index (χ1) is 11.9. The van der Waals surface area contributed by atoms with E-state index in [-0.39, 0.29) is 28.6 Å². The summed E-state index contributed by atoms with van der Waals surface area (Å²) in [5.41, 5.74) is 0.245. The van der Waals surface area contributed by atoms with Crippen molar-refractivity contribution in [3.8, 4) is 18.1 Å². The van der Waals surface area contributed by atoms with Crippen molar-refractivity contribution in [3.63, 3.8) is 0 Å². The van der Waals surface area contributed by atoms with Gasteiger partial charge in [0.05, 0.1) is 27.8 Å². The lowest BCUT2D eigenvalue weighted by atomic mass is 10.1. The number of benzene rings is 2. The number of rotatable bonds is 6.